The normalized spacial score (nSPS) is 10.8. The molecule has 0 aliphatic carbocycles. The lowest BCUT2D eigenvalue weighted by molar-refractivity contribution is 0.104. The van der Waals surface area contributed by atoms with Crippen LogP contribution in [0.5, 0.6) is 11.5 Å². The van der Waals surface area contributed by atoms with Gasteiger partial charge in [0.1, 0.15) is 23.7 Å². The zero-order chi connectivity index (χ0) is 18.4. The number of rotatable bonds is 6. The van der Waals surface area contributed by atoms with E-state index in [1.54, 1.807) is 18.2 Å². The number of carbonyl (C=O) groups excluding carboxylic acids is 1. The van der Waals surface area contributed by atoms with E-state index in [4.69, 9.17) is 4.74 Å². The molecule has 0 atom stereocenters. The van der Waals surface area contributed by atoms with Gasteiger partial charge in [0.05, 0.1) is 0 Å². The van der Waals surface area contributed by atoms with E-state index in [1.807, 2.05) is 61.5 Å². The molecule has 26 heavy (non-hydrogen) atoms. The molecular weight excluding hydrogens is 324 g/mol. The van der Waals surface area contributed by atoms with Gasteiger partial charge in [0.2, 0.25) is 0 Å². The van der Waals surface area contributed by atoms with Gasteiger partial charge in [-0.25, -0.2) is 0 Å². The van der Waals surface area contributed by atoms with Crippen molar-refractivity contribution in [3.05, 3.63) is 101 Å². The molecule has 0 heterocycles. The molecule has 0 spiro atoms. The van der Waals surface area contributed by atoms with Gasteiger partial charge < -0.3 is 9.84 Å². The maximum Gasteiger partial charge on any atom is 0.193 e. The zero-order valence-corrected chi connectivity index (χ0v) is 14.6. The molecule has 0 amide bonds. The molecule has 0 aliphatic rings. The third-order valence-electron chi connectivity index (χ3n) is 4.09. The SMILES string of the molecule is Cc1ccccc1/C=C/C(=O)c1c(O)cccc1OCc1ccccc1. The molecule has 3 aromatic rings. The summed E-state index contributed by atoms with van der Waals surface area (Å²) in [6.07, 6.45) is 3.22. The molecule has 0 radical (unpaired) electrons. The Morgan fingerprint density at radius 1 is 0.962 bits per heavy atom. The van der Waals surface area contributed by atoms with Crippen molar-refractivity contribution >= 4 is 11.9 Å². The topological polar surface area (TPSA) is 46.5 Å². The highest BCUT2D eigenvalue weighted by Gasteiger charge is 2.15. The molecule has 0 aromatic heterocycles. The van der Waals surface area contributed by atoms with Crippen LogP contribution < -0.4 is 4.74 Å². The number of hydrogen-bond donors (Lipinski definition) is 1. The Kier molecular flexibility index (Phi) is 5.49. The van der Waals surface area contributed by atoms with Gasteiger partial charge in [0, 0.05) is 0 Å². The van der Waals surface area contributed by atoms with Crippen LogP contribution >= 0.6 is 0 Å². The van der Waals surface area contributed by atoms with Crippen molar-refractivity contribution in [2.24, 2.45) is 0 Å². The lowest BCUT2D eigenvalue weighted by atomic mass is 10.0. The number of phenols is 1. The molecule has 0 fully saturated rings. The number of phenolic OH excluding ortho intramolecular Hbond substituents is 1. The van der Waals surface area contributed by atoms with Gasteiger partial charge in [-0.3, -0.25) is 4.79 Å². The van der Waals surface area contributed by atoms with Crippen LogP contribution in [-0.2, 0) is 6.61 Å². The van der Waals surface area contributed by atoms with Gasteiger partial charge in [-0.1, -0.05) is 66.7 Å². The van der Waals surface area contributed by atoms with E-state index in [-0.39, 0.29) is 17.1 Å². The van der Waals surface area contributed by atoms with Crippen molar-refractivity contribution in [3.63, 3.8) is 0 Å². The van der Waals surface area contributed by atoms with Gasteiger partial charge in [-0.2, -0.15) is 0 Å². The lowest BCUT2D eigenvalue weighted by Gasteiger charge is -2.11. The predicted molar refractivity (Wildman–Crippen MR) is 103 cm³/mol. The van der Waals surface area contributed by atoms with Crippen molar-refractivity contribution in [1.29, 1.82) is 0 Å². The number of ether oxygens (including phenoxy) is 1. The van der Waals surface area contributed by atoms with Crippen LogP contribution in [0.15, 0.2) is 78.9 Å². The van der Waals surface area contributed by atoms with Gasteiger partial charge in [0.15, 0.2) is 5.78 Å². The molecule has 0 saturated carbocycles. The summed E-state index contributed by atoms with van der Waals surface area (Å²) in [5.41, 5.74) is 3.20. The van der Waals surface area contributed by atoms with Crippen LogP contribution in [0, 0.1) is 6.92 Å². The third kappa shape index (κ3) is 4.19. The fraction of sp³-hybridized carbons (Fsp3) is 0.0870. The molecule has 0 bridgehead atoms. The third-order valence-corrected chi connectivity index (χ3v) is 4.09. The number of ketones is 1. The Bertz CT molecular complexity index is 927. The molecular formula is C23H20O3. The molecule has 3 heteroatoms. The first-order valence-electron chi connectivity index (χ1n) is 8.42. The number of aryl methyl sites for hydroxylation is 1. The summed E-state index contributed by atoms with van der Waals surface area (Å²) < 4.78 is 5.79. The van der Waals surface area contributed by atoms with E-state index in [2.05, 4.69) is 0 Å². The Balaban J connectivity index is 1.82. The Labute approximate surface area is 153 Å². The maximum atomic E-state index is 12.7. The van der Waals surface area contributed by atoms with E-state index in [9.17, 15) is 9.90 Å². The predicted octanol–water partition coefficient (Wildman–Crippen LogP) is 5.18. The van der Waals surface area contributed by atoms with Crippen molar-refractivity contribution in [1.82, 2.24) is 0 Å². The highest BCUT2D eigenvalue weighted by atomic mass is 16.5. The summed E-state index contributed by atoms with van der Waals surface area (Å²) in [7, 11) is 0. The van der Waals surface area contributed by atoms with Crippen LogP contribution in [0.4, 0.5) is 0 Å². The molecule has 3 rings (SSSR count). The molecule has 1 N–H and O–H groups in total. The Morgan fingerprint density at radius 2 is 1.69 bits per heavy atom. The van der Waals surface area contributed by atoms with E-state index in [0.717, 1.165) is 16.7 Å². The minimum atomic E-state index is -0.297. The molecule has 0 unspecified atom stereocenters. The van der Waals surface area contributed by atoms with Gasteiger partial charge >= 0.3 is 0 Å². The highest BCUT2D eigenvalue weighted by molar-refractivity contribution is 6.10. The monoisotopic (exact) mass is 344 g/mol. The molecule has 3 nitrogen and oxygen atoms in total. The van der Waals surface area contributed by atoms with Crippen LogP contribution in [0.1, 0.15) is 27.0 Å². The largest absolute Gasteiger partial charge is 0.507 e. The molecule has 3 aromatic carbocycles. The lowest BCUT2D eigenvalue weighted by Crippen LogP contribution is -2.03. The smallest absolute Gasteiger partial charge is 0.193 e. The van der Waals surface area contributed by atoms with Crippen LogP contribution in [0.25, 0.3) is 6.08 Å². The molecule has 130 valence electrons. The van der Waals surface area contributed by atoms with Gasteiger partial charge in [0.25, 0.3) is 0 Å². The minimum absolute atomic E-state index is 0.0880. The number of aromatic hydroxyl groups is 1. The van der Waals surface area contributed by atoms with Crippen molar-refractivity contribution in [2.75, 3.05) is 0 Å². The first-order chi connectivity index (χ1) is 12.6. The van der Waals surface area contributed by atoms with Gasteiger partial charge in [-0.05, 0) is 41.8 Å². The number of allylic oxidation sites excluding steroid dienone is 1. The van der Waals surface area contributed by atoms with E-state index in [1.165, 1.54) is 12.1 Å². The van der Waals surface area contributed by atoms with Crippen molar-refractivity contribution in [2.45, 2.75) is 13.5 Å². The van der Waals surface area contributed by atoms with Crippen LogP contribution in [0.3, 0.4) is 0 Å². The van der Waals surface area contributed by atoms with E-state index < -0.39 is 0 Å². The van der Waals surface area contributed by atoms with Crippen LogP contribution in [-0.4, -0.2) is 10.9 Å². The first kappa shape index (κ1) is 17.5. The molecule has 0 aliphatic heterocycles. The summed E-state index contributed by atoms with van der Waals surface area (Å²) >= 11 is 0. The first-order valence-corrected chi connectivity index (χ1v) is 8.42. The fourth-order valence-corrected chi connectivity index (χ4v) is 2.65. The van der Waals surface area contributed by atoms with Crippen molar-refractivity contribution in [3.8, 4) is 11.5 Å². The number of benzene rings is 3. The van der Waals surface area contributed by atoms with Gasteiger partial charge in [-0.15, -0.1) is 0 Å². The van der Waals surface area contributed by atoms with Crippen LogP contribution in [0.2, 0.25) is 0 Å². The molecule has 0 saturated heterocycles. The second-order valence-corrected chi connectivity index (χ2v) is 5.98. The summed E-state index contributed by atoms with van der Waals surface area (Å²) in [4.78, 5) is 12.7. The number of hydrogen-bond acceptors (Lipinski definition) is 3. The summed E-state index contributed by atoms with van der Waals surface area (Å²) in [5.74, 6) is -0.0160. The highest BCUT2D eigenvalue weighted by Crippen LogP contribution is 2.29. The van der Waals surface area contributed by atoms with E-state index in [0.29, 0.717) is 12.4 Å². The quantitative estimate of drug-likeness (QED) is 0.495. The average Bonchev–Trinajstić information content (AvgIpc) is 2.66. The maximum absolute atomic E-state index is 12.7. The summed E-state index contributed by atoms with van der Waals surface area (Å²) in [6.45, 7) is 2.31. The summed E-state index contributed by atoms with van der Waals surface area (Å²) in [5, 5.41) is 10.2. The Morgan fingerprint density at radius 3 is 2.46 bits per heavy atom. The second kappa shape index (κ2) is 8.17. The van der Waals surface area contributed by atoms with E-state index >= 15 is 0 Å². The standard InChI is InChI=1S/C23H20O3/c1-17-8-5-6-11-19(17)14-15-21(25)23-20(24)12-7-13-22(23)26-16-18-9-3-2-4-10-18/h2-15,24H,16H2,1H3/b15-14+. The second-order valence-electron chi connectivity index (χ2n) is 5.98. The fourth-order valence-electron chi connectivity index (χ4n) is 2.65. The minimum Gasteiger partial charge on any atom is -0.507 e. The number of carbonyl (C=O) groups is 1. The van der Waals surface area contributed by atoms with Crippen molar-refractivity contribution < 1.29 is 14.6 Å². The summed E-state index contributed by atoms with van der Waals surface area (Å²) in [6, 6.07) is 22.3. The Hall–Kier alpha value is -3.33. The average molecular weight is 344 g/mol. The zero-order valence-electron chi connectivity index (χ0n) is 14.6.